The molecule has 0 spiro atoms. The van der Waals surface area contributed by atoms with E-state index in [1.165, 1.54) is 0 Å². The molecule has 0 radical (unpaired) electrons. The lowest BCUT2D eigenvalue weighted by atomic mass is 9.90. The van der Waals surface area contributed by atoms with Crippen molar-refractivity contribution in [3.05, 3.63) is 12.7 Å². The summed E-state index contributed by atoms with van der Waals surface area (Å²) in [6, 6.07) is 0. The summed E-state index contributed by atoms with van der Waals surface area (Å²) in [5.74, 6) is 0. The molecule has 0 aromatic heterocycles. The van der Waals surface area contributed by atoms with Gasteiger partial charge in [0.25, 0.3) is 0 Å². The highest BCUT2D eigenvalue weighted by molar-refractivity contribution is 4.94. The maximum atomic E-state index is 5.85. The minimum absolute atomic E-state index is 0.0417. The molecule has 0 atom stereocenters. The minimum atomic E-state index is -0.189. The first kappa shape index (κ1) is 11.7. The Labute approximate surface area is 87.3 Å². The molecule has 0 saturated carbocycles. The molecule has 1 fully saturated rings. The van der Waals surface area contributed by atoms with Crippen molar-refractivity contribution >= 4 is 0 Å². The predicted molar refractivity (Wildman–Crippen MR) is 58.2 cm³/mol. The highest BCUT2D eigenvalue weighted by Gasteiger charge is 2.48. The topological polar surface area (TPSA) is 18.5 Å². The van der Waals surface area contributed by atoms with Crippen molar-refractivity contribution in [2.75, 3.05) is 0 Å². The van der Waals surface area contributed by atoms with E-state index in [2.05, 4.69) is 34.3 Å². The van der Waals surface area contributed by atoms with Gasteiger partial charge in [0.1, 0.15) is 0 Å². The van der Waals surface area contributed by atoms with Crippen LogP contribution in [0.1, 0.15) is 47.0 Å². The van der Waals surface area contributed by atoms with Crippen LogP contribution in [0.25, 0.3) is 0 Å². The molecule has 1 saturated heterocycles. The van der Waals surface area contributed by atoms with Crippen molar-refractivity contribution in [1.29, 1.82) is 0 Å². The number of rotatable bonds is 4. The quantitative estimate of drug-likeness (QED) is 0.510. The molecule has 0 unspecified atom stereocenters. The first-order valence-electron chi connectivity index (χ1n) is 5.35. The van der Waals surface area contributed by atoms with E-state index in [9.17, 15) is 0 Å². The summed E-state index contributed by atoms with van der Waals surface area (Å²) < 4.78 is 11.7. The zero-order valence-electron chi connectivity index (χ0n) is 9.80. The third kappa shape index (κ3) is 2.37. The van der Waals surface area contributed by atoms with Gasteiger partial charge in [-0.2, -0.15) is 0 Å². The highest BCUT2D eigenvalue weighted by atomic mass is 16.7. The zero-order valence-corrected chi connectivity index (χ0v) is 9.80. The fourth-order valence-corrected chi connectivity index (χ4v) is 1.51. The lowest BCUT2D eigenvalue weighted by molar-refractivity contribution is -0.0909. The average molecular weight is 198 g/mol. The van der Waals surface area contributed by atoms with Gasteiger partial charge < -0.3 is 9.47 Å². The van der Waals surface area contributed by atoms with Crippen LogP contribution < -0.4 is 0 Å². The Balaban J connectivity index is 2.43. The summed E-state index contributed by atoms with van der Waals surface area (Å²) in [5, 5.41) is 0. The second-order valence-corrected chi connectivity index (χ2v) is 4.91. The normalized spacial score (nSPS) is 25.1. The van der Waals surface area contributed by atoms with Gasteiger partial charge in [-0.25, -0.2) is 0 Å². The molecule has 1 aliphatic heterocycles. The number of allylic oxidation sites excluding steroid dienone is 1. The lowest BCUT2D eigenvalue weighted by Gasteiger charge is -2.30. The Kier molecular flexibility index (Phi) is 3.38. The molecule has 1 heterocycles. The van der Waals surface area contributed by atoms with Crippen LogP contribution in [0.15, 0.2) is 12.7 Å². The van der Waals surface area contributed by atoms with Crippen molar-refractivity contribution in [2.45, 2.75) is 64.4 Å². The predicted octanol–water partition coefficient (Wildman–Crippen LogP) is 3.27. The Morgan fingerprint density at radius 1 is 1.14 bits per heavy atom. The average Bonchev–Trinajstić information content (AvgIpc) is 2.21. The number of unbranched alkanes of at least 4 members (excludes halogenated alkanes) is 1. The van der Waals surface area contributed by atoms with E-state index in [1.807, 2.05) is 6.08 Å². The van der Waals surface area contributed by atoms with Gasteiger partial charge in [0.05, 0.1) is 11.2 Å². The van der Waals surface area contributed by atoms with Gasteiger partial charge in [0, 0.05) is 0 Å². The zero-order chi connectivity index (χ0) is 10.8. The van der Waals surface area contributed by atoms with Crippen molar-refractivity contribution in [3.63, 3.8) is 0 Å². The van der Waals surface area contributed by atoms with Crippen LogP contribution in [0, 0.1) is 0 Å². The standard InChI is InChI=1S/C12H22O2/c1-6-7-8-9-10-13-11(2,3)12(4,5)14-10/h6,10H,1,7-9H2,2-5H3. The largest absolute Gasteiger partial charge is 0.344 e. The molecule has 1 aliphatic rings. The maximum Gasteiger partial charge on any atom is 0.159 e. The first-order valence-corrected chi connectivity index (χ1v) is 5.35. The molecule has 2 nitrogen and oxygen atoms in total. The summed E-state index contributed by atoms with van der Waals surface area (Å²) in [4.78, 5) is 0. The Bertz CT molecular complexity index is 190. The van der Waals surface area contributed by atoms with E-state index in [1.54, 1.807) is 0 Å². The van der Waals surface area contributed by atoms with Crippen LogP contribution in [0.2, 0.25) is 0 Å². The van der Waals surface area contributed by atoms with Crippen LogP contribution >= 0.6 is 0 Å². The summed E-state index contributed by atoms with van der Waals surface area (Å²) in [6.45, 7) is 12.0. The van der Waals surface area contributed by atoms with Crippen LogP contribution in [-0.4, -0.2) is 17.5 Å². The Hall–Kier alpha value is -0.340. The molecule has 0 bridgehead atoms. The van der Waals surface area contributed by atoms with Gasteiger partial charge in [-0.1, -0.05) is 6.08 Å². The second-order valence-electron chi connectivity index (χ2n) is 4.91. The summed E-state index contributed by atoms with van der Waals surface area (Å²) in [6.07, 6.45) is 4.97. The summed E-state index contributed by atoms with van der Waals surface area (Å²) in [5.41, 5.74) is -0.377. The smallest absolute Gasteiger partial charge is 0.159 e. The molecular formula is C12H22O2. The van der Waals surface area contributed by atoms with E-state index in [-0.39, 0.29) is 17.5 Å². The lowest BCUT2D eigenvalue weighted by Crippen LogP contribution is -2.41. The highest BCUT2D eigenvalue weighted by Crippen LogP contribution is 2.39. The van der Waals surface area contributed by atoms with Gasteiger partial charge in [0.2, 0.25) is 0 Å². The number of hydrogen-bond donors (Lipinski definition) is 0. The molecule has 0 amide bonds. The SMILES string of the molecule is C=CCCCC1OC(C)(C)C(C)(C)O1. The molecule has 0 aromatic rings. The molecule has 82 valence electrons. The van der Waals surface area contributed by atoms with Gasteiger partial charge >= 0.3 is 0 Å². The molecule has 0 aromatic carbocycles. The number of hydrogen-bond acceptors (Lipinski definition) is 2. The van der Waals surface area contributed by atoms with Gasteiger partial charge in [-0.15, -0.1) is 6.58 Å². The van der Waals surface area contributed by atoms with E-state index in [0.29, 0.717) is 0 Å². The third-order valence-corrected chi connectivity index (χ3v) is 3.15. The molecule has 0 N–H and O–H groups in total. The van der Waals surface area contributed by atoms with E-state index < -0.39 is 0 Å². The van der Waals surface area contributed by atoms with Gasteiger partial charge in [-0.3, -0.25) is 0 Å². The summed E-state index contributed by atoms with van der Waals surface area (Å²) >= 11 is 0. The van der Waals surface area contributed by atoms with Crippen molar-refractivity contribution in [3.8, 4) is 0 Å². The minimum Gasteiger partial charge on any atom is -0.344 e. The fraction of sp³-hybridized carbons (Fsp3) is 0.833. The molecule has 2 heteroatoms. The van der Waals surface area contributed by atoms with Gasteiger partial charge in [0.15, 0.2) is 6.29 Å². The van der Waals surface area contributed by atoms with Crippen LogP contribution in [0.4, 0.5) is 0 Å². The van der Waals surface area contributed by atoms with E-state index in [0.717, 1.165) is 19.3 Å². The molecule has 14 heavy (non-hydrogen) atoms. The van der Waals surface area contributed by atoms with Crippen molar-refractivity contribution < 1.29 is 9.47 Å². The molecule has 0 aliphatic carbocycles. The van der Waals surface area contributed by atoms with Gasteiger partial charge in [-0.05, 0) is 47.0 Å². The fourth-order valence-electron chi connectivity index (χ4n) is 1.51. The van der Waals surface area contributed by atoms with Crippen LogP contribution in [-0.2, 0) is 9.47 Å². The van der Waals surface area contributed by atoms with Crippen LogP contribution in [0.3, 0.4) is 0 Å². The first-order chi connectivity index (χ1) is 6.39. The van der Waals surface area contributed by atoms with Crippen molar-refractivity contribution in [2.24, 2.45) is 0 Å². The van der Waals surface area contributed by atoms with E-state index in [4.69, 9.17) is 9.47 Å². The van der Waals surface area contributed by atoms with Crippen molar-refractivity contribution in [1.82, 2.24) is 0 Å². The number of ether oxygens (including phenoxy) is 2. The summed E-state index contributed by atoms with van der Waals surface area (Å²) in [7, 11) is 0. The third-order valence-electron chi connectivity index (χ3n) is 3.15. The maximum absolute atomic E-state index is 5.85. The Morgan fingerprint density at radius 3 is 2.07 bits per heavy atom. The molecule has 1 rings (SSSR count). The second kappa shape index (κ2) is 4.03. The van der Waals surface area contributed by atoms with Crippen LogP contribution in [0.5, 0.6) is 0 Å². The Morgan fingerprint density at radius 2 is 1.64 bits per heavy atom. The molecular weight excluding hydrogens is 176 g/mol. The van der Waals surface area contributed by atoms with E-state index >= 15 is 0 Å². The monoisotopic (exact) mass is 198 g/mol.